The molecule has 1 aromatic heterocycles. The zero-order valence-electron chi connectivity index (χ0n) is 11.0. The Bertz CT molecular complexity index is 841. The Balaban J connectivity index is 2.06. The molecule has 21 heavy (non-hydrogen) atoms. The number of hydrogen-bond acceptors (Lipinski definition) is 1. The SMILES string of the molecule is NC(=O)c1ccc(F)c(Cn2ccc3cccc(Cl)c32)c1. The second kappa shape index (κ2) is 5.22. The summed E-state index contributed by atoms with van der Waals surface area (Å²) in [5.41, 5.74) is 6.75. The summed E-state index contributed by atoms with van der Waals surface area (Å²) >= 11 is 6.20. The number of fused-ring (bicyclic) bond motifs is 1. The van der Waals surface area contributed by atoms with Gasteiger partial charge in [0, 0.05) is 22.7 Å². The fourth-order valence-electron chi connectivity index (χ4n) is 2.38. The number of carbonyl (C=O) groups is 1. The maximum atomic E-state index is 13.9. The minimum Gasteiger partial charge on any atom is -0.366 e. The molecule has 0 bridgehead atoms. The van der Waals surface area contributed by atoms with E-state index in [-0.39, 0.29) is 17.9 Å². The van der Waals surface area contributed by atoms with Crippen LogP contribution in [0.3, 0.4) is 0 Å². The highest BCUT2D eigenvalue weighted by Gasteiger charge is 2.10. The number of carbonyl (C=O) groups excluding carboxylic acids is 1. The van der Waals surface area contributed by atoms with E-state index >= 15 is 0 Å². The second-order valence-corrected chi connectivity index (χ2v) is 5.20. The van der Waals surface area contributed by atoms with Crippen molar-refractivity contribution in [3.63, 3.8) is 0 Å². The highest BCUT2D eigenvalue weighted by atomic mass is 35.5. The maximum Gasteiger partial charge on any atom is 0.248 e. The smallest absolute Gasteiger partial charge is 0.248 e. The zero-order valence-corrected chi connectivity index (χ0v) is 11.8. The lowest BCUT2D eigenvalue weighted by Gasteiger charge is -2.09. The molecule has 3 rings (SSSR count). The number of benzene rings is 2. The Kier molecular flexibility index (Phi) is 3.39. The number of hydrogen-bond donors (Lipinski definition) is 1. The predicted molar refractivity (Wildman–Crippen MR) is 81.0 cm³/mol. The molecule has 3 aromatic rings. The van der Waals surface area contributed by atoms with Crippen molar-refractivity contribution in [1.29, 1.82) is 0 Å². The van der Waals surface area contributed by atoms with Gasteiger partial charge < -0.3 is 10.3 Å². The third-order valence-electron chi connectivity index (χ3n) is 3.41. The first-order chi connectivity index (χ1) is 10.1. The molecule has 3 nitrogen and oxygen atoms in total. The molecule has 106 valence electrons. The summed E-state index contributed by atoms with van der Waals surface area (Å²) in [5, 5.41) is 1.58. The Morgan fingerprint density at radius 1 is 1.24 bits per heavy atom. The van der Waals surface area contributed by atoms with Crippen molar-refractivity contribution in [2.75, 3.05) is 0 Å². The van der Waals surface area contributed by atoms with E-state index in [1.165, 1.54) is 18.2 Å². The number of rotatable bonds is 3. The summed E-state index contributed by atoms with van der Waals surface area (Å²) in [6.45, 7) is 0.278. The van der Waals surface area contributed by atoms with Crippen LogP contribution in [0.4, 0.5) is 4.39 Å². The zero-order chi connectivity index (χ0) is 15.0. The van der Waals surface area contributed by atoms with E-state index in [4.69, 9.17) is 17.3 Å². The van der Waals surface area contributed by atoms with Gasteiger partial charge in [0.2, 0.25) is 5.91 Å². The van der Waals surface area contributed by atoms with Crippen LogP contribution in [0, 0.1) is 5.82 Å². The van der Waals surface area contributed by atoms with Crippen LogP contribution in [0.5, 0.6) is 0 Å². The van der Waals surface area contributed by atoms with Gasteiger partial charge in [0.15, 0.2) is 0 Å². The fourth-order valence-corrected chi connectivity index (χ4v) is 2.67. The van der Waals surface area contributed by atoms with E-state index in [9.17, 15) is 9.18 Å². The number of para-hydroxylation sites is 1. The highest BCUT2D eigenvalue weighted by molar-refractivity contribution is 6.35. The molecular weight excluding hydrogens is 291 g/mol. The standard InChI is InChI=1S/C16H12ClFN2O/c17-13-3-1-2-10-6-7-20(15(10)13)9-12-8-11(16(19)21)4-5-14(12)18/h1-8H,9H2,(H2,19,21). The van der Waals surface area contributed by atoms with Gasteiger partial charge in [-0.2, -0.15) is 0 Å². The average Bonchev–Trinajstić information content (AvgIpc) is 2.85. The van der Waals surface area contributed by atoms with Crippen molar-refractivity contribution in [3.8, 4) is 0 Å². The molecule has 1 amide bonds. The van der Waals surface area contributed by atoms with Crippen molar-refractivity contribution in [3.05, 3.63) is 70.6 Å². The van der Waals surface area contributed by atoms with Crippen molar-refractivity contribution in [2.45, 2.75) is 6.54 Å². The molecule has 0 fully saturated rings. The summed E-state index contributed by atoms with van der Waals surface area (Å²) < 4.78 is 15.8. The van der Waals surface area contributed by atoms with E-state index in [1.807, 2.05) is 29.0 Å². The van der Waals surface area contributed by atoms with E-state index in [1.54, 1.807) is 6.07 Å². The summed E-state index contributed by atoms with van der Waals surface area (Å²) in [5.74, 6) is -0.958. The lowest BCUT2D eigenvalue weighted by atomic mass is 10.1. The molecule has 0 unspecified atom stereocenters. The average molecular weight is 303 g/mol. The van der Waals surface area contributed by atoms with Crippen LogP contribution in [-0.2, 0) is 6.54 Å². The van der Waals surface area contributed by atoms with Crippen LogP contribution in [0.25, 0.3) is 10.9 Å². The number of nitrogens with two attached hydrogens (primary N) is 1. The topological polar surface area (TPSA) is 48.0 Å². The van der Waals surface area contributed by atoms with Crippen LogP contribution >= 0.6 is 11.6 Å². The van der Waals surface area contributed by atoms with Gasteiger partial charge in [-0.15, -0.1) is 0 Å². The first-order valence-electron chi connectivity index (χ1n) is 6.38. The van der Waals surface area contributed by atoms with Crippen molar-refractivity contribution in [2.24, 2.45) is 5.73 Å². The minimum absolute atomic E-state index is 0.278. The molecule has 0 aliphatic rings. The molecule has 0 radical (unpaired) electrons. The molecule has 0 aliphatic heterocycles. The Labute approximate surface area is 125 Å². The van der Waals surface area contributed by atoms with Crippen molar-refractivity contribution < 1.29 is 9.18 Å². The third kappa shape index (κ3) is 2.50. The van der Waals surface area contributed by atoms with Gasteiger partial charge in [0.05, 0.1) is 17.1 Å². The normalized spacial score (nSPS) is 11.0. The molecule has 0 atom stereocenters. The Morgan fingerprint density at radius 2 is 2.05 bits per heavy atom. The Hall–Kier alpha value is -2.33. The van der Waals surface area contributed by atoms with E-state index in [2.05, 4.69) is 0 Å². The quantitative estimate of drug-likeness (QED) is 0.790. The predicted octanol–water partition coefficient (Wildman–Crippen LogP) is 3.58. The molecule has 0 saturated heterocycles. The van der Waals surface area contributed by atoms with Gasteiger partial charge in [0.1, 0.15) is 5.82 Å². The van der Waals surface area contributed by atoms with E-state index < -0.39 is 5.91 Å². The van der Waals surface area contributed by atoms with Gasteiger partial charge in [-0.1, -0.05) is 23.7 Å². The van der Waals surface area contributed by atoms with Gasteiger partial charge in [-0.05, 0) is 30.3 Å². The lowest BCUT2D eigenvalue weighted by Crippen LogP contribution is -2.12. The minimum atomic E-state index is -0.577. The molecular formula is C16H12ClFN2O. The molecule has 2 N–H and O–H groups in total. The van der Waals surface area contributed by atoms with Crippen LogP contribution < -0.4 is 5.73 Å². The Morgan fingerprint density at radius 3 is 2.81 bits per heavy atom. The van der Waals surface area contributed by atoms with Crippen molar-refractivity contribution >= 4 is 28.4 Å². The maximum absolute atomic E-state index is 13.9. The molecule has 5 heteroatoms. The number of amides is 1. The summed E-state index contributed by atoms with van der Waals surface area (Å²) in [6, 6.07) is 11.6. The number of nitrogens with zero attached hydrogens (tertiary/aromatic N) is 1. The first-order valence-corrected chi connectivity index (χ1v) is 6.75. The summed E-state index contributed by atoms with van der Waals surface area (Å²) in [7, 11) is 0. The van der Waals surface area contributed by atoms with Gasteiger partial charge in [0.25, 0.3) is 0 Å². The largest absolute Gasteiger partial charge is 0.366 e. The third-order valence-corrected chi connectivity index (χ3v) is 3.72. The van der Waals surface area contributed by atoms with Crippen LogP contribution in [0.15, 0.2) is 48.7 Å². The second-order valence-electron chi connectivity index (χ2n) is 4.79. The number of halogens is 2. The van der Waals surface area contributed by atoms with Gasteiger partial charge in [-0.3, -0.25) is 4.79 Å². The molecule has 1 heterocycles. The fraction of sp³-hybridized carbons (Fsp3) is 0.0625. The number of primary amides is 1. The van der Waals surface area contributed by atoms with E-state index in [0.29, 0.717) is 10.6 Å². The lowest BCUT2D eigenvalue weighted by molar-refractivity contribution is 0.1000. The highest BCUT2D eigenvalue weighted by Crippen LogP contribution is 2.25. The molecule has 0 aliphatic carbocycles. The monoisotopic (exact) mass is 302 g/mol. The van der Waals surface area contributed by atoms with Crippen molar-refractivity contribution in [1.82, 2.24) is 4.57 Å². The first kappa shape index (κ1) is 13.6. The molecule has 0 spiro atoms. The van der Waals surface area contributed by atoms with Gasteiger partial charge >= 0.3 is 0 Å². The summed E-state index contributed by atoms with van der Waals surface area (Å²) in [6.07, 6.45) is 1.84. The number of aromatic nitrogens is 1. The van der Waals surface area contributed by atoms with E-state index in [0.717, 1.165) is 10.9 Å². The molecule has 2 aromatic carbocycles. The van der Waals surface area contributed by atoms with Crippen LogP contribution in [-0.4, -0.2) is 10.5 Å². The van der Waals surface area contributed by atoms with Gasteiger partial charge in [-0.25, -0.2) is 4.39 Å². The van der Waals surface area contributed by atoms with Crippen LogP contribution in [0.2, 0.25) is 5.02 Å². The molecule has 0 saturated carbocycles. The summed E-state index contributed by atoms with van der Waals surface area (Å²) in [4.78, 5) is 11.2. The van der Waals surface area contributed by atoms with Crippen LogP contribution in [0.1, 0.15) is 15.9 Å².